The fourth-order valence-electron chi connectivity index (χ4n) is 4.03. The predicted molar refractivity (Wildman–Crippen MR) is 133 cm³/mol. The Kier molecular flexibility index (Phi) is 8.37. The summed E-state index contributed by atoms with van der Waals surface area (Å²) < 4.78 is 29.6. The largest absolute Gasteiger partial charge is 0.497 e. The van der Waals surface area contributed by atoms with Gasteiger partial charge in [-0.2, -0.15) is 0 Å². The standard InChI is InChI=1S/C26H28FN3O5S/c1-33-19-11-16(12-20(13-19)34-2)25(31)28-17-7-9-18(10-8-17)29-26(32)22-15-36-24(30-22)14-35-23-6-4-3-5-21(23)27/h3-6,11-13,15,17-18H,7-10,14H2,1-2H3,(H,28,31)(H,29,32). The maximum Gasteiger partial charge on any atom is 0.270 e. The van der Waals surface area contributed by atoms with Gasteiger partial charge in [0.2, 0.25) is 0 Å². The molecule has 1 aliphatic rings. The van der Waals surface area contributed by atoms with Crippen LogP contribution in [0.2, 0.25) is 0 Å². The summed E-state index contributed by atoms with van der Waals surface area (Å²) >= 11 is 1.29. The summed E-state index contributed by atoms with van der Waals surface area (Å²) in [5.41, 5.74) is 0.787. The molecule has 2 aromatic carbocycles. The number of carbonyl (C=O) groups excluding carboxylic acids is 2. The van der Waals surface area contributed by atoms with Crippen molar-refractivity contribution < 1.29 is 28.2 Å². The summed E-state index contributed by atoms with van der Waals surface area (Å²) in [6.45, 7) is 0.0862. The zero-order valence-electron chi connectivity index (χ0n) is 20.1. The Morgan fingerprint density at radius 3 is 2.19 bits per heavy atom. The first-order valence-corrected chi connectivity index (χ1v) is 12.5. The average molecular weight is 514 g/mol. The van der Waals surface area contributed by atoms with E-state index in [9.17, 15) is 14.0 Å². The van der Waals surface area contributed by atoms with Crippen LogP contribution in [0.15, 0.2) is 47.8 Å². The van der Waals surface area contributed by atoms with Crippen LogP contribution in [0.5, 0.6) is 17.2 Å². The van der Waals surface area contributed by atoms with Crippen LogP contribution in [0.1, 0.15) is 51.5 Å². The Balaban J connectivity index is 1.24. The Hall–Kier alpha value is -3.66. The van der Waals surface area contributed by atoms with E-state index in [0.29, 0.717) is 27.8 Å². The van der Waals surface area contributed by atoms with Gasteiger partial charge in [-0.25, -0.2) is 9.37 Å². The smallest absolute Gasteiger partial charge is 0.270 e. The summed E-state index contributed by atoms with van der Waals surface area (Å²) in [4.78, 5) is 29.7. The van der Waals surface area contributed by atoms with Gasteiger partial charge in [0.25, 0.3) is 11.8 Å². The maximum atomic E-state index is 13.7. The number of halogens is 1. The highest BCUT2D eigenvalue weighted by Crippen LogP contribution is 2.24. The van der Waals surface area contributed by atoms with Crippen LogP contribution < -0.4 is 24.8 Å². The van der Waals surface area contributed by atoms with E-state index < -0.39 is 5.82 Å². The molecule has 0 aliphatic heterocycles. The summed E-state index contributed by atoms with van der Waals surface area (Å²) in [6.07, 6.45) is 2.98. The van der Waals surface area contributed by atoms with Gasteiger partial charge in [-0.3, -0.25) is 9.59 Å². The first kappa shape index (κ1) is 25.4. The minimum absolute atomic E-state index is 0.00220. The van der Waals surface area contributed by atoms with Gasteiger partial charge < -0.3 is 24.8 Å². The zero-order chi connectivity index (χ0) is 25.5. The molecule has 0 bridgehead atoms. The third-order valence-electron chi connectivity index (χ3n) is 5.98. The topological polar surface area (TPSA) is 98.8 Å². The summed E-state index contributed by atoms with van der Waals surface area (Å²) in [5.74, 6) is 0.367. The fraction of sp³-hybridized carbons (Fsp3) is 0.346. The quantitative estimate of drug-likeness (QED) is 0.442. The Morgan fingerprint density at radius 2 is 1.58 bits per heavy atom. The number of amides is 2. The molecule has 190 valence electrons. The first-order valence-electron chi connectivity index (χ1n) is 11.6. The molecule has 0 saturated heterocycles. The Bertz CT molecular complexity index is 1190. The van der Waals surface area contributed by atoms with Gasteiger partial charge in [-0.1, -0.05) is 12.1 Å². The van der Waals surface area contributed by atoms with Crippen molar-refractivity contribution in [1.29, 1.82) is 0 Å². The molecule has 3 aromatic rings. The second-order valence-electron chi connectivity index (χ2n) is 8.44. The Labute approximate surface area is 212 Å². The predicted octanol–water partition coefficient (Wildman–Crippen LogP) is 4.35. The highest BCUT2D eigenvalue weighted by atomic mass is 32.1. The number of methoxy groups -OCH3 is 2. The van der Waals surface area contributed by atoms with E-state index in [0.717, 1.165) is 25.7 Å². The van der Waals surface area contributed by atoms with E-state index >= 15 is 0 Å². The summed E-state index contributed by atoms with van der Waals surface area (Å²) in [5, 5.41) is 8.35. The van der Waals surface area contributed by atoms with E-state index in [1.165, 1.54) is 31.6 Å². The number of nitrogens with one attached hydrogen (secondary N) is 2. The van der Waals surface area contributed by atoms with Crippen LogP contribution >= 0.6 is 11.3 Å². The number of carbonyl (C=O) groups is 2. The van der Waals surface area contributed by atoms with Crippen LogP contribution in [-0.4, -0.2) is 43.1 Å². The molecular formula is C26H28FN3O5S. The minimum Gasteiger partial charge on any atom is -0.497 e. The van der Waals surface area contributed by atoms with Gasteiger partial charge in [-0.15, -0.1) is 11.3 Å². The van der Waals surface area contributed by atoms with Crippen LogP contribution in [0, 0.1) is 5.82 Å². The average Bonchev–Trinajstić information content (AvgIpc) is 3.38. The third kappa shape index (κ3) is 6.51. The molecule has 1 fully saturated rings. The molecule has 0 spiro atoms. The molecule has 1 heterocycles. The van der Waals surface area contributed by atoms with Gasteiger partial charge >= 0.3 is 0 Å². The third-order valence-corrected chi connectivity index (χ3v) is 6.81. The molecule has 4 rings (SSSR count). The van der Waals surface area contributed by atoms with E-state index in [2.05, 4.69) is 15.6 Å². The molecular weight excluding hydrogens is 485 g/mol. The SMILES string of the molecule is COc1cc(OC)cc(C(=O)NC2CCC(NC(=O)c3csc(COc4ccccc4F)n3)CC2)c1. The van der Waals surface area contributed by atoms with Crippen LogP contribution in [-0.2, 0) is 6.61 Å². The number of ether oxygens (including phenoxy) is 3. The van der Waals surface area contributed by atoms with Crippen molar-refractivity contribution in [1.82, 2.24) is 15.6 Å². The molecule has 10 heteroatoms. The van der Waals surface area contributed by atoms with E-state index in [4.69, 9.17) is 14.2 Å². The van der Waals surface area contributed by atoms with Crippen molar-refractivity contribution in [2.24, 2.45) is 0 Å². The number of thiazole rings is 1. The van der Waals surface area contributed by atoms with Gasteiger partial charge in [0.15, 0.2) is 11.6 Å². The maximum absolute atomic E-state index is 13.7. The van der Waals surface area contributed by atoms with Crippen LogP contribution in [0.25, 0.3) is 0 Å². The van der Waals surface area contributed by atoms with Gasteiger partial charge in [-0.05, 0) is 49.9 Å². The number of hydrogen-bond acceptors (Lipinski definition) is 7. The van der Waals surface area contributed by atoms with Gasteiger partial charge in [0, 0.05) is 29.1 Å². The van der Waals surface area contributed by atoms with Gasteiger partial charge in [0.1, 0.15) is 28.8 Å². The molecule has 1 saturated carbocycles. The van der Waals surface area contributed by atoms with Crippen LogP contribution in [0.3, 0.4) is 0 Å². The minimum atomic E-state index is -0.443. The van der Waals surface area contributed by atoms with E-state index in [1.807, 2.05) is 0 Å². The van der Waals surface area contributed by atoms with Crippen molar-refractivity contribution in [2.45, 2.75) is 44.4 Å². The van der Waals surface area contributed by atoms with Crippen molar-refractivity contribution in [3.63, 3.8) is 0 Å². The lowest BCUT2D eigenvalue weighted by Crippen LogP contribution is -2.43. The summed E-state index contributed by atoms with van der Waals surface area (Å²) in [6, 6.07) is 11.2. The Morgan fingerprint density at radius 1 is 0.972 bits per heavy atom. The zero-order valence-corrected chi connectivity index (χ0v) is 20.9. The van der Waals surface area contributed by atoms with Crippen molar-refractivity contribution in [2.75, 3.05) is 14.2 Å². The second kappa shape index (κ2) is 11.9. The molecule has 1 aliphatic carbocycles. The highest BCUT2D eigenvalue weighted by molar-refractivity contribution is 7.09. The lowest BCUT2D eigenvalue weighted by molar-refractivity contribution is 0.0889. The molecule has 2 amide bonds. The van der Waals surface area contributed by atoms with E-state index in [-0.39, 0.29) is 36.3 Å². The lowest BCUT2D eigenvalue weighted by Gasteiger charge is -2.29. The number of benzene rings is 2. The van der Waals surface area contributed by atoms with Crippen molar-refractivity contribution in [3.05, 3.63) is 69.9 Å². The molecule has 36 heavy (non-hydrogen) atoms. The van der Waals surface area contributed by atoms with Gasteiger partial charge in [0.05, 0.1) is 14.2 Å². The van der Waals surface area contributed by atoms with E-state index in [1.54, 1.807) is 41.8 Å². The monoisotopic (exact) mass is 513 g/mol. The molecule has 0 atom stereocenters. The molecule has 0 radical (unpaired) electrons. The highest BCUT2D eigenvalue weighted by Gasteiger charge is 2.25. The molecule has 0 unspecified atom stereocenters. The molecule has 8 nitrogen and oxygen atoms in total. The number of hydrogen-bond donors (Lipinski definition) is 2. The lowest BCUT2D eigenvalue weighted by atomic mass is 9.91. The van der Waals surface area contributed by atoms with Crippen LogP contribution in [0.4, 0.5) is 4.39 Å². The second-order valence-corrected chi connectivity index (χ2v) is 9.39. The number of rotatable bonds is 9. The fourth-order valence-corrected chi connectivity index (χ4v) is 4.72. The first-order chi connectivity index (χ1) is 17.4. The molecule has 2 N–H and O–H groups in total. The van der Waals surface area contributed by atoms with Crippen molar-refractivity contribution >= 4 is 23.2 Å². The summed E-state index contributed by atoms with van der Waals surface area (Å²) in [7, 11) is 3.08. The number of aromatic nitrogens is 1. The molecule has 1 aromatic heterocycles. The number of nitrogens with zero attached hydrogens (tertiary/aromatic N) is 1. The number of para-hydroxylation sites is 1. The van der Waals surface area contributed by atoms with Crippen molar-refractivity contribution in [3.8, 4) is 17.2 Å². The normalized spacial score (nSPS) is 17.2.